The zero-order valence-electron chi connectivity index (χ0n) is 8.57. The number of pyridine rings is 1. The van der Waals surface area contributed by atoms with E-state index >= 15 is 0 Å². The molecule has 1 aliphatic carbocycles. The van der Waals surface area contributed by atoms with Crippen LogP contribution in [0, 0.1) is 0 Å². The summed E-state index contributed by atoms with van der Waals surface area (Å²) in [5.74, 6) is -0.0590. The van der Waals surface area contributed by atoms with Crippen molar-refractivity contribution in [2.75, 3.05) is 0 Å². The van der Waals surface area contributed by atoms with Gasteiger partial charge < -0.3 is 5.32 Å². The van der Waals surface area contributed by atoms with E-state index in [4.69, 9.17) is 0 Å². The lowest BCUT2D eigenvalue weighted by atomic mass is 10.0. The molecular weight excluding hydrogens is 188 g/mol. The fourth-order valence-corrected chi connectivity index (χ4v) is 1.67. The lowest BCUT2D eigenvalue weighted by molar-refractivity contribution is 0.0963. The van der Waals surface area contributed by atoms with Crippen LogP contribution in [-0.2, 0) is 0 Å². The summed E-state index contributed by atoms with van der Waals surface area (Å²) in [6.45, 7) is 0. The molecule has 1 N–H and O–H groups in total. The Morgan fingerprint density at radius 1 is 1.40 bits per heavy atom. The van der Waals surface area contributed by atoms with Gasteiger partial charge in [-0.2, -0.15) is 0 Å². The number of allylic oxidation sites excluding steroid dienone is 2. The molecule has 3 heteroatoms. The van der Waals surface area contributed by atoms with Crippen molar-refractivity contribution in [3.05, 3.63) is 41.9 Å². The number of aromatic nitrogens is 1. The minimum Gasteiger partial charge on any atom is -0.326 e. The second-order valence-corrected chi connectivity index (χ2v) is 3.67. The summed E-state index contributed by atoms with van der Waals surface area (Å²) in [5.41, 5.74) is 1.67. The number of rotatable bonds is 2. The van der Waals surface area contributed by atoms with Gasteiger partial charge in [-0.3, -0.25) is 9.78 Å². The molecular formula is C12H14N2O. The summed E-state index contributed by atoms with van der Waals surface area (Å²) in [7, 11) is 0. The number of hydrogen-bond donors (Lipinski definition) is 1. The molecule has 0 saturated heterocycles. The van der Waals surface area contributed by atoms with Gasteiger partial charge in [0.2, 0.25) is 0 Å². The molecule has 1 aliphatic rings. The van der Waals surface area contributed by atoms with Gasteiger partial charge in [0.05, 0.1) is 5.56 Å². The second-order valence-electron chi connectivity index (χ2n) is 3.67. The van der Waals surface area contributed by atoms with Crippen molar-refractivity contribution in [1.82, 2.24) is 10.3 Å². The highest BCUT2D eigenvalue weighted by molar-refractivity contribution is 5.94. The summed E-state index contributed by atoms with van der Waals surface area (Å²) in [6.07, 6.45) is 9.80. The number of amides is 1. The molecule has 78 valence electrons. The van der Waals surface area contributed by atoms with Crippen molar-refractivity contribution in [3.8, 4) is 0 Å². The van der Waals surface area contributed by atoms with Gasteiger partial charge in [0, 0.05) is 18.1 Å². The van der Waals surface area contributed by atoms with Crippen LogP contribution < -0.4 is 5.32 Å². The maximum atomic E-state index is 11.7. The van der Waals surface area contributed by atoms with Crippen LogP contribution in [0.3, 0.4) is 0 Å². The van der Waals surface area contributed by atoms with Crippen molar-refractivity contribution in [2.45, 2.75) is 25.7 Å². The Kier molecular flexibility index (Phi) is 3.12. The van der Waals surface area contributed by atoms with Crippen molar-refractivity contribution < 1.29 is 4.79 Å². The highest BCUT2D eigenvalue weighted by atomic mass is 16.1. The van der Waals surface area contributed by atoms with Gasteiger partial charge in [0.1, 0.15) is 0 Å². The van der Waals surface area contributed by atoms with Crippen LogP contribution in [0.2, 0.25) is 0 Å². The molecule has 15 heavy (non-hydrogen) atoms. The van der Waals surface area contributed by atoms with E-state index in [-0.39, 0.29) is 5.91 Å². The van der Waals surface area contributed by atoms with Crippen LogP contribution in [0.25, 0.3) is 0 Å². The fourth-order valence-electron chi connectivity index (χ4n) is 1.67. The molecule has 2 rings (SSSR count). The average Bonchev–Trinajstić information content (AvgIpc) is 2.31. The quantitative estimate of drug-likeness (QED) is 0.799. The normalized spacial score (nSPS) is 15.6. The molecule has 1 amide bonds. The van der Waals surface area contributed by atoms with Gasteiger partial charge in [-0.05, 0) is 37.8 Å². The zero-order chi connectivity index (χ0) is 10.5. The lowest BCUT2D eigenvalue weighted by Gasteiger charge is -2.13. The van der Waals surface area contributed by atoms with Crippen molar-refractivity contribution in [1.29, 1.82) is 0 Å². The van der Waals surface area contributed by atoms with E-state index in [9.17, 15) is 4.79 Å². The summed E-state index contributed by atoms with van der Waals surface area (Å²) >= 11 is 0. The highest BCUT2D eigenvalue weighted by Crippen LogP contribution is 2.15. The Balaban J connectivity index is 2.01. The van der Waals surface area contributed by atoms with E-state index in [0.717, 1.165) is 18.5 Å². The average molecular weight is 202 g/mol. The van der Waals surface area contributed by atoms with Gasteiger partial charge in [0.15, 0.2) is 0 Å². The van der Waals surface area contributed by atoms with E-state index < -0.39 is 0 Å². The van der Waals surface area contributed by atoms with Crippen LogP contribution >= 0.6 is 0 Å². The Labute approximate surface area is 89.2 Å². The van der Waals surface area contributed by atoms with E-state index in [1.807, 2.05) is 0 Å². The second kappa shape index (κ2) is 4.73. The molecule has 0 saturated carbocycles. The lowest BCUT2D eigenvalue weighted by Crippen LogP contribution is -2.23. The maximum absolute atomic E-state index is 11.7. The van der Waals surface area contributed by atoms with Crippen molar-refractivity contribution >= 4 is 5.91 Å². The van der Waals surface area contributed by atoms with E-state index in [1.54, 1.807) is 24.5 Å². The summed E-state index contributed by atoms with van der Waals surface area (Å²) < 4.78 is 0. The van der Waals surface area contributed by atoms with Crippen LogP contribution in [-0.4, -0.2) is 10.9 Å². The fraction of sp³-hybridized carbons (Fsp3) is 0.333. The molecule has 1 heterocycles. The van der Waals surface area contributed by atoms with Gasteiger partial charge >= 0.3 is 0 Å². The predicted molar refractivity (Wildman–Crippen MR) is 58.3 cm³/mol. The highest BCUT2D eigenvalue weighted by Gasteiger charge is 2.09. The minimum absolute atomic E-state index is 0.0590. The molecule has 0 radical (unpaired) electrons. The van der Waals surface area contributed by atoms with Gasteiger partial charge in [0.25, 0.3) is 5.91 Å². The van der Waals surface area contributed by atoms with E-state index in [0.29, 0.717) is 5.56 Å². The van der Waals surface area contributed by atoms with Crippen LogP contribution in [0.5, 0.6) is 0 Å². The van der Waals surface area contributed by atoms with Gasteiger partial charge in [-0.15, -0.1) is 0 Å². The zero-order valence-corrected chi connectivity index (χ0v) is 8.57. The van der Waals surface area contributed by atoms with Crippen LogP contribution in [0.4, 0.5) is 0 Å². The smallest absolute Gasteiger partial charge is 0.256 e. The number of carbonyl (C=O) groups is 1. The number of carbonyl (C=O) groups excluding carboxylic acids is 1. The van der Waals surface area contributed by atoms with E-state index in [2.05, 4.69) is 16.4 Å². The van der Waals surface area contributed by atoms with Crippen molar-refractivity contribution in [3.63, 3.8) is 0 Å². The topological polar surface area (TPSA) is 42.0 Å². The Morgan fingerprint density at radius 2 is 2.33 bits per heavy atom. The third-order valence-electron chi connectivity index (χ3n) is 2.49. The molecule has 0 bridgehead atoms. The number of hydrogen-bond acceptors (Lipinski definition) is 2. The Hall–Kier alpha value is -1.64. The molecule has 0 spiro atoms. The predicted octanol–water partition coefficient (Wildman–Crippen LogP) is 2.27. The largest absolute Gasteiger partial charge is 0.326 e. The first-order chi connectivity index (χ1) is 7.36. The Morgan fingerprint density at radius 3 is 3.00 bits per heavy atom. The third-order valence-corrected chi connectivity index (χ3v) is 2.49. The first kappa shape index (κ1) is 9.90. The first-order valence-corrected chi connectivity index (χ1v) is 5.27. The molecule has 0 aliphatic heterocycles. The molecule has 0 aromatic carbocycles. The molecule has 1 aromatic rings. The SMILES string of the molecule is O=C(NC1=CCCCC1)c1cccnc1. The minimum atomic E-state index is -0.0590. The van der Waals surface area contributed by atoms with Crippen LogP contribution in [0.15, 0.2) is 36.3 Å². The van der Waals surface area contributed by atoms with Crippen LogP contribution in [0.1, 0.15) is 36.0 Å². The summed E-state index contributed by atoms with van der Waals surface area (Å²) in [4.78, 5) is 15.6. The molecule has 1 aromatic heterocycles. The number of nitrogens with one attached hydrogen (secondary N) is 1. The van der Waals surface area contributed by atoms with Crippen molar-refractivity contribution in [2.24, 2.45) is 0 Å². The molecule has 0 fully saturated rings. The monoisotopic (exact) mass is 202 g/mol. The molecule has 3 nitrogen and oxygen atoms in total. The Bertz CT molecular complexity index is 370. The maximum Gasteiger partial charge on any atom is 0.256 e. The number of nitrogens with zero attached hydrogens (tertiary/aromatic N) is 1. The summed E-state index contributed by atoms with van der Waals surface area (Å²) in [6, 6.07) is 3.54. The van der Waals surface area contributed by atoms with Gasteiger partial charge in [-0.1, -0.05) is 6.08 Å². The van der Waals surface area contributed by atoms with E-state index in [1.165, 1.54) is 12.8 Å². The molecule has 0 atom stereocenters. The summed E-state index contributed by atoms with van der Waals surface area (Å²) in [5, 5.41) is 2.92. The first-order valence-electron chi connectivity index (χ1n) is 5.27. The standard InChI is InChI=1S/C12H14N2O/c15-12(10-5-4-8-13-9-10)14-11-6-2-1-3-7-11/h4-6,8-9H,1-3,7H2,(H,14,15). The van der Waals surface area contributed by atoms with Gasteiger partial charge in [-0.25, -0.2) is 0 Å². The third kappa shape index (κ3) is 2.65. The molecule has 0 unspecified atom stereocenters.